The molecule has 0 radical (unpaired) electrons. The average Bonchev–Trinajstić information content (AvgIpc) is 3.59. The number of anilines is 3. The quantitative estimate of drug-likeness (QED) is 0.237. The molecular formula is C30H27N7O3S. The standard InChI is InChI=1S/C30H27N7O3S/c1-36(29(40)19-6-3-2-4-7-19)21-11-14-24-23(18-21)34-30(37(24)17-16-27(32)38)35-28(39)25-15-13-22(41-25)12-10-20-8-5-9-26(31)33-20/h2-15,18H,16-17H2,1H3,(H2,31,33)(H2,32,38)(H,34,35,39)/b12-10+. The van der Waals surface area contributed by atoms with Crippen LogP contribution in [0.25, 0.3) is 23.2 Å². The largest absolute Gasteiger partial charge is 0.384 e. The van der Waals surface area contributed by atoms with Gasteiger partial charge in [0, 0.05) is 36.1 Å². The van der Waals surface area contributed by atoms with E-state index in [1.165, 1.54) is 16.2 Å². The summed E-state index contributed by atoms with van der Waals surface area (Å²) in [6.07, 6.45) is 3.75. The molecule has 0 fully saturated rings. The van der Waals surface area contributed by atoms with Gasteiger partial charge < -0.3 is 20.9 Å². The first-order chi connectivity index (χ1) is 19.8. The number of amides is 3. The Kier molecular flexibility index (Phi) is 7.88. The molecule has 0 saturated heterocycles. The van der Waals surface area contributed by atoms with E-state index in [2.05, 4.69) is 15.3 Å². The summed E-state index contributed by atoms with van der Waals surface area (Å²) in [5.74, 6) is -0.281. The summed E-state index contributed by atoms with van der Waals surface area (Å²) in [4.78, 5) is 49.5. The number of nitrogens with zero attached hydrogens (tertiary/aromatic N) is 4. The first-order valence-electron chi connectivity index (χ1n) is 12.7. The summed E-state index contributed by atoms with van der Waals surface area (Å²) in [7, 11) is 1.69. The van der Waals surface area contributed by atoms with Crippen LogP contribution in [0.3, 0.4) is 0 Å². The van der Waals surface area contributed by atoms with Gasteiger partial charge in [-0.05, 0) is 66.7 Å². The number of pyridine rings is 1. The molecule has 0 saturated carbocycles. The Morgan fingerprint density at radius 2 is 1.78 bits per heavy atom. The number of fused-ring (bicyclic) bond motifs is 1. The van der Waals surface area contributed by atoms with Crippen LogP contribution in [0.5, 0.6) is 0 Å². The van der Waals surface area contributed by atoms with Crippen LogP contribution in [-0.4, -0.2) is 39.3 Å². The number of thiophene rings is 1. The number of nitrogens with two attached hydrogens (primary N) is 2. The van der Waals surface area contributed by atoms with Gasteiger partial charge >= 0.3 is 0 Å². The number of hydrogen-bond acceptors (Lipinski definition) is 7. The number of aromatic nitrogens is 3. The Morgan fingerprint density at radius 1 is 0.976 bits per heavy atom. The average molecular weight is 566 g/mol. The van der Waals surface area contributed by atoms with E-state index >= 15 is 0 Å². The molecule has 3 amide bonds. The number of carbonyl (C=O) groups is 3. The van der Waals surface area contributed by atoms with Gasteiger partial charge in [-0.25, -0.2) is 9.97 Å². The molecule has 0 aliphatic heterocycles. The second kappa shape index (κ2) is 11.8. The molecule has 206 valence electrons. The van der Waals surface area contributed by atoms with Gasteiger partial charge in [-0.2, -0.15) is 0 Å². The highest BCUT2D eigenvalue weighted by molar-refractivity contribution is 7.15. The van der Waals surface area contributed by atoms with Crippen LogP contribution in [0.4, 0.5) is 17.5 Å². The van der Waals surface area contributed by atoms with Gasteiger partial charge in [0.25, 0.3) is 11.8 Å². The van der Waals surface area contributed by atoms with Crippen molar-refractivity contribution in [2.45, 2.75) is 13.0 Å². The smallest absolute Gasteiger partial charge is 0.268 e. The number of benzene rings is 2. The fourth-order valence-electron chi connectivity index (χ4n) is 4.22. The maximum Gasteiger partial charge on any atom is 0.268 e. The van der Waals surface area contributed by atoms with Gasteiger partial charge in [-0.3, -0.25) is 19.7 Å². The van der Waals surface area contributed by atoms with Crippen LogP contribution in [0.2, 0.25) is 0 Å². The third-order valence-corrected chi connectivity index (χ3v) is 7.36. The summed E-state index contributed by atoms with van der Waals surface area (Å²) < 4.78 is 1.74. The van der Waals surface area contributed by atoms with Gasteiger partial charge in [-0.15, -0.1) is 11.3 Å². The molecule has 0 spiro atoms. The Morgan fingerprint density at radius 3 is 2.54 bits per heavy atom. The zero-order valence-corrected chi connectivity index (χ0v) is 23.0. The normalized spacial score (nSPS) is 11.1. The van der Waals surface area contributed by atoms with Crippen molar-refractivity contribution >= 4 is 69.7 Å². The zero-order valence-electron chi connectivity index (χ0n) is 22.2. The number of aryl methyl sites for hydroxylation is 1. The highest BCUT2D eigenvalue weighted by Gasteiger charge is 2.19. The van der Waals surface area contributed by atoms with Crippen LogP contribution in [0.15, 0.2) is 78.9 Å². The van der Waals surface area contributed by atoms with Crippen molar-refractivity contribution in [1.82, 2.24) is 14.5 Å². The summed E-state index contributed by atoms with van der Waals surface area (Å²) in [6, 6.07) is 23.3. The van der Waals surface area contributed by atoms with Gasteiger partial charge in [0.1, 0.15) is 5.82 Å². The minimum absolute atomic E-state index is 0.0639. The molecule has 5 rings (SSSR count). The van der Waals surface area contributed by atoms with Crippen molar-refractivity contribution < 1.29 is 14.4 Å². The molecule has 5 N–H and O–H groups in total. The van der Waals surface area contributed by atoms with Crippen LogP contribution in [-0.2, 0) is 11.3 Å². The third-order valence-electron chi connectivity index (χ3n) is 6.31. The van der Waals surface area contributed by atoms with Crippen LogP contribution >= 0.6 is 11.3 Å². The maximum atomic E-state index is 13.2. The number of nitrogens with one attached hydrogen (secondary N) is 1. The number of rotatable bonds is 9. The highest BCUT2D eigenvalue weighted by atomic mass is 32.1. The Labute approximate surface area is 239 Å². The van der Waals surface area contributed by atoms with Crippen molar-refractivity contribution in [3.05, 3.63) is 99.9 Å². The molecule has 3 aromatic heterocycles. The van der Waals surface area contributed by atoms with E-state index in [9.17, 15) is 14.4 Å². The van der Waals surface area contributed by atoms with Crippen LogP contribution < -0.4 is 21.7 Å². The lowest BCUT2D eigenvalue weighted by molar-refractivity contribution is -0.118. The first-order valence-corrected chi connectivity index (χ1v) is 13.5. The third kappa shape index (κ3) is 6.31. The topological polar surface area (TPSA) is 149 Å². The Balaban J connectivity index is 1.39. The van der Waals surface area contributed by atoms with Crippen molar-refractivity contribution in [2.75, 3.05) is 23.0 Å². The number of imidazole rings is 1. The second-order valence-electron chi connectivity index (χ2n) is 9.18. The molecule has 11 heteroatoms. The van der Waals surface area contributed by atoms with Crippen molar-refractivity contribution in [3.8, 4) is 0 Å². The number of carbonyl (C=O) groups excluding carboxylic acids is 3. The monoisotopic (exact) mass is 565 g/mol. The molecule has 5 aromatic rings. The number of primary amides is 1. The van der Waals surface area contributed by atoms with Gasteiger partial charge in [0.15, 0.2) is 0 Å². The fourth-order valence-corrected chi connectivity index (χ4v) is 5.02. The molecule has 2 aromatic carbocycles. The molecule has 41 heavy (non-hydrogen) atoms. The SMILES string of the molecule is CN(C(=O)c1ccccc1)c1ccc2c(c1)nc(NC(=O)c1ccc(/C=C/c3cccc(N)n3)s1)n2CCC(N)=O. The molecular weight excluding hydrogens is 538 g/mol. The maximum absolute atomic E-state index is 13.2. The molecule has 0 aliphatic carbocycles. The second-order valence-corrected chi connectivity index (χ2v) is 10.3. The predicted molar refractivity (Wildman–Crippen MR) is 163 cm³/mol. The van der Waals surface area contributed by atoms with Gasteiger partial charge in [0.05, 0.1) is 21.6 Å². The van der Waals surface area contributed by atoms with Crippen LogP contribution in [0.1, 0.15) is 37.0 Å². The zero-order chi connectivity index (χ0) is 28.9. The fraction of sp³-hybridized carbons (Fsp3) is 0.100. The van der Waals surface area contributed by atoms with Crippen molar-refractivity contribution in [2.24, 2.45) is 5.73 Å². The highest BCUT2D eigenvalue weighted by Crippen LogP contribution is 2.27. The predicted octanol–water partition coefficient (Wildman–Crippen LogP) is 4.65. The van der Waals surface area contributed by atoms with Gasteiger partial charge in [0.2, 0.25) is 11.9 Å². The molecule has 0 bridgehead atoms. The van der Waals surface area contributed by atoms with E-state index in [-0.39, 0.29) is 30.7 Å². The summed E-state index contributed by atoms with van der Waals surface area (Å²) in [6.45, 7) is 0.227. The summed E-state index contributed by atoms with van der Waals surface area (Å²) >= 11 is 1.31. The summed E-state index contributed by atoms with van der Waals surface area (Å²) in [5.41, 5.74) is 14.3. The van der Waals surface area contributed by atoms with Crippen molar-refractivity contribution in [1.29, 1.82) is 0 Å². The minimum atomic E-state index is -0.474. The van der Waals surface area contributed by atoms with E-state index in [4.69, 9.17) is 11.5 Å². The van der Waals surface area contributed by atoms with E-state index in [0.29, 0.717) is 38.7 Å². The van der Waals surface area contributed by atoms with Crippen molar-refractivity contribution in [3.63, 3.8) is 0 Å². The van der Waals surface area contributed by atoms with E-state index in [0.717, 1.165) is 4.88 Å². The lowest BCUT2D eigenvalue weighted by Crippen LogP contribution is -2.26. The Hall–Kier alpha value is -5.29. The number of hydrogen-bond donors (Lipinski definition) is 3. The molecule has 0 unspecified atom stereocenters. The first kappa shape index (κ1) is 27.3. The Bertz CT molecular complexity index is 1780. The van der Waals surface area contributed by atoms with Crippen LogP contribution in [0, 0.1) is 0 Å². The molecule has 3 heterocycles. The molecule has 0 atom stereocenters. The van der Waals surface area contributed by atoms with E-state index in [1.807, 2.05) is 54.6 Å². The number of nitrogen functional groups attached to an aromatic ring is 1. The lowest BCUT2D eigenvalue weighted by atomic mass is 10.2. The summed E-state index contributed by atoms with van der Waals surface area (Å²) in [5, 5.41) is 2.87. The van der Waals surface area contributed by atoms with E-state index in [1.54, 1.807) is 48.0 Å². The van der Waals surface area contributed by atoms with E-state index < -0.39 is 5.91 Å². The lowest BCUT2D eigenvalue weighted by Gasteiger charge is -2.17. The van der Waals surface area contributed by atoms with Gasteiger partial charge in [-0.1, -0.05) is 24.3 Å². The molecule has 10 nitrogen and oxygen atoms in total. The minimum Gasteiger partial charge on any atom is -0.384 e. The molecule has 0 aliphatic rings.